The summed E-state index contributed by atoms with van der Waals surface area (Å²) in [6, 6.07) is 15.5. The second kappa shape index (κ2) is 11.4. The van der Waals surface area contributed by atoms with Crippen LogP contribution < -0.4 is 14.4 Å². The van der Waals surface area contributed by atoms with E-state index in [9.17, 15) is 9.59 Å². The van der Waals surface area contributed by atoms with Crippen LogP contribution in [0, 0.1) is 3.57 Å². The molecular weight excluding hydrogens is 644 g/mol. The average molecular weight is 661 g/mol. The normalized spacial score (nSPS) is 14.7. The molecule has 1 fully saturated rings. The Morgan fingerprint density at radius 1 is 1.00 bits per heavy atom. The van der Waals surface area contributed by atoms with E-state index in [1.807, 2.05) is 19.1 Å². The van der Waals surface area contributed by atoms with E-state index in [1.165, 1.54) is 0 Å². The van der Waals surface area contributed by atoms with Gasteiger partial charge < -0.3 is 9.47 Å². The van der Waals surface area contributed by atoms with Crippen LogP contribution in [0.4, 0.5) is 10.5 Å². The Bertz CT molecular complexity index is 1350. The van der Waals surface area contributed by atoms with Crippen LogP contribution in [0.15, 0.2) is 59.5 Å². The molecule has 3 aromatic carbocycles. The fourth-order valence-electron chi connectivity index (χ4n) is 3.32. The molecule has 1 aliphatic rings. The van der Waals surface area contributed by atoms with Gasteiger partial charge in [-0.15, -0.1) is 0 Å². The molecule has 1 saturated heterocycles. The minimum atomic E-state index is -0.409. The molecule has 1 aliphatic heterocycles. The third-order valence-corrected chi connectivity index (χ3v) is 7.37. The van der Waals surface area contributed by atoms with Gasteiger partial charge in [0.25, 0.3) is 11.1 Å². The Morgan fingerprint density at radius 3 is 2.49 bits per heavy atom. The highest BCUT2D eigenvalue weighted by Gasteiger charge is 2.36. The number of rotatable bonds is 7. The van der Waals surface area contributed by atoms with Gasteiger partial charge in [0, 0.05) is 20.6 Å². The lowest BCUT2D eigenvalue weighted by Crippen LogP contribution is -2.27. The summed E-state index contributed by atoms with van der Waals surface area (Å²) in [6.07, 6.45) is 1.67. The third kappa shape index (κ3) is 6.09. The van der Waals surface area contributed by atoms with E-state index in [0.29, 0.717) is 49.3 Å². The summed E-state index contributed by atoms with van der Waals surface area (Å²) in [5.41, 5.74) is 1.91. The van der Waals surface area contributed by atoms with Crippen molar-refractivity contribution < 1.29 is 19.1 Å². The molecule has 0 aliphatic carbocycles. The van der Waals surface area contributed by atoms with E-state index in [2.05, 4.69) is 22.6 Å². The summed E-state index contributed by atoms with van der Waals surface area (Å²) in [5.74, 6) is 0.667. The largest absolute Gasteiger partial charge is 0.490 e. The molecule has 180 valence electrons. The number of nitrogens with zero attached hydrogens (tertiary/aromatic N) is 1. The number of anilines is 1. The molecule has 0 atom stereocenters. The SMILES string of the molecule is CCOc1cc(/C=C2/SC(=O)N(c3cccc(Cl)c3)C2=O)cc(I)c1OCc1ccc(Cl)cc1Cl. The summed E-state index contributed by atoms with van der Waals surface area (Å²) in [6.45, 7) is 2.52. The fourth-order valence-corrected chi connectivity index (χ4v) is 5.59. The summed E-state index contributed by atoms with van der Waals surface area (Å²) < 4.78 is 12.6. The van der Waals surface area contributed by atoms with Crippen LogP contribution in [0.5, 0.6) is 11.5 Å². The molecule has 0 aromatic heterocycles. The molecule has 0 radical (unpaired) electrons. The number of halogens is 4. The predicted octanol–water partition coefficient (Wildman–Crippen LogP) is 8.47. The van der Waals surface area contributed by atoms with E-state index >= 15 is 0 Å². The van der Waals surface area contributed by atoms with Crippen molar-refractivity contribution in [2.75, 3.05) is 11.5 Å². The third-order valence-electron chi connectivity index (χ3n) is 4.88. The number of thioether (sulfide) groups is 1. The predicted molar refractivity (Wildman–Crippen MR) is 151 cm³/mol. The zero-order valence-electron chi connectivity index (χ0n) is 18.2. The van der Waals surface area contributed by atoms with Crippen molar-refractivity contribution >= 4 is 92.1 Å². The number of carbonyl (C=O) groups excluding carboxylic acids is 2. The topological polar surface area (TPSA) is 55.8 Å². The van der Waals surface area contributed by atoms with Crippen LogP contribution in [0.2, 0.25) is 15.1 Å². The number of hydrogen-bond donors (Lipinski definition) is 0. The van der Waals surface area contributed by atoms with Crippen LogP contribution >= 0.6 is 69.2 Å². The first-order chi connectivity index (χ1) is 16.8. The van der Waals surface area contributed by atoms with Gasteiger partial charge in [-0.05, 0) is 95.4 Å². The maximum absolute atomic E-state index is 13.0. The van der Waals surface area contributed by atoms with Crippen molar-refractivity contribution in [2.24, 2.45) is 0 Å². The van der Waals surface area contributed by atoms with Crippen molar-refractivity contribution in [1.82, 2.24) is 0 Å². The molecule has 4 rings (SSSR count). The van der Waals surface area contributed by atoms with Gasteiger partial charge in [-0.1, -0.05) is 46.9 Å². The van der Waals surface area contributed by atoms with E-state index in [0.717, 1.165) is 25.8 Å². The van der Waals surface area contributed by atoms with Crippen molar-refractivity contribution in [1.29, 1.82) is 0 Å². The molecule has 10 heteroatoms. The molecule has 0 saturated carbocycles. The second-order valence-corrected chi connectivity index (χ2v) is 10.7. The summed E-state index contributed by atoms with van der Waals surface area (Å²) in [7, 11) is 0. The second-order valence-electron chi connectivity index (χ2n) is 7.28. The van der Waals surface area contributed by atoms with E-state index < -0.39 is 5.91 Å². The van der Waals surface area contributed by atoms with Gasteiger partial charge in [-0.2, -0.15) is 0 Å². The van der Waals surface area contributed by atoms with Crippen molar-refractivity contribution in [3.05, 3.63) is 89.3 Å². The molecule has 0 bridgehead atoms. The Kier molecular flexibility index (Phi) is 8.54. The highest BCUT2D eigenvalue weighted by molar-refractivity contribution is 14.1. The highest BCUT2D eigenvalue weighted by Crippen LogP contribution is 2.39. The van der Waals surface area contributed by atoms with Crippen LogP contribution in [-0.2, 0) is 11.4 Å². The fraction of sp³-hybridized carbons (Fsp3) is 0.120. The number of imide groups is 1. The van der Waals surface area contributed by atoms with Crippen molar-refractivity contribution in [3.63, 3.8) is 0 Å². The van der Waals surface area contributed by atoms with Crippen molar-refractivity contribution in [2.45, 2.75) is 13.5 Å². The monoisotopic (exact) mass is 659 g/mol. The lowest BCUT2D eigenvalue weighted by atomic mass is 10.1. The first kappa shape index (κ1) is 26.2. The first-order valence-corrected chi connectivity index (χ1v) is 13.4. The first-order valence-electron chi connectivity index (χ1n) is 10.3. The molecule has 1 heterocycles. The Balaban J connectivity index is 1.61. The molecule has 5 nitrogen and oxygen atoms in total. The molecule has 2 amide bonds. The van der Waals surface area contributed by atoms with E-state index in [-0.39, 0.29) is 11.8 Å². The standard InChI is InChI=1S/C25H17Cl3INO4S/c1-2-33-21-9-14(8-20(29)23(21)34-13-15-6-7-17(27)12-19(15)28)10-22-24(31)30(25(32)35-22)18-5-3-4-16(26)11-18/h3-12H,2,13H2,1H3/b22-10+. The number of ether oxygens (including phenoxy) is 2. The van der Waals surface area contributed by atoms with Gasteiger partial charge in [0.05, 0.1) is 20.8 Å². The summed E-state index contributed by atoms with van der Waals surface area (Å²) in [5, 5.41) is 1.12. The number of benzene rings is 3. The maximum Gasteiger partial charge on any atom is 0.298 e. The van der Waals surface area contributed by atoms with Crippen molar-refractivity contribution in [3.8, 4) is 11.5 Å². The van der Waals surface area contributed by atoms with Gasteiger partial charge in [-0.25, -0.2) is 4.90 Å². The smallest absolute Gasteiger partial charge is 0.298 e. The molecule has 0 spiro atoms. The minimum Gasteiger partial charge on any atom is -0.490 e. The zero-order chi connectivity index (χ0) is 25.1. The lowest BCUT2D eigenvalue weighted by Gasteiger charge is -2.15. The van der Waals surface area contributed by atoms with Gasteiger partial charge >= 0.3 is 0 Å². The quantitative estimate of drug-likeness (QED) is 0.188. The lowest BCUT2D eigenvalue weighted by molar-refractivity contribution is -0.113. The van der Waals surface area contributed by atoms with Crippen LogP contribution in [-0.4, -0.2) is 17.8 Å². The molecule has 3 aromatic rings. The van der Waals surface area contributed by atoms with Gasteiger partial charge in [0.1, 0.15) is 6.61 Å². The molecular formula is C25H17Cl3INO4S. The Labute approximate surface area is 235 Å². The number of hydrogen-bond acceptors (Lipinski definition) is 5. The average Bonchev–Trinajstić information content (AvgIpc) is 3.07. The Hall–Kier alpha value is -1.91. The highest BCUT2D eigenvalue weighted by atomic mass is 127. The van der Waals surface area contributed by atoms with Crippen LogP contribution in [0.3, 0.4) is 0 Å². The van der Waals surface area contributed by atoms with E-state index in [4.69, 9.17) is 44.3 Å². The zero-order valence-corrected chi connectivity index (χ0v) is 23.4. The van der Waals surface area contributed by atoms with Gasteiger partial charge in [0.2, 0.25) is 0 Å². The van der Waals surface area contributed by atoms with Crippen LogP contribution in [0.25, 0.3) is 6.08 Å². The maximum atomic E-state index is 13.0. The van der Waals surface area contributed by atoms with Gasteiger partial charge in [-0.3, -0.25) is 9.59 Å². The van der Waals surface area contributed by atoms with Crippen LogP contribution in [0.1, 0.15) is 18.1 Å². The number of carbonyl (C=O) groups is 2. The van der Waals surface area contributed by atoms with E-state index in [1.54, 1.807) is 48.5 Å². The molecule has 0 N–H and O–H groups in total. The number of amides is 2. The Morgan fingerprint density at radius 2 is 1.77 bits per heavy atom. The summed E-state index contributed by atoms with van der Waals surface area (Å²) >= 11 is 21.3. The summed E-state index contributed by atoms with van der Waals surface area (Å²) in [4.78, 5) is 27.0. The molecule has 35 heavy (non-hydrogen) atoms. The minimum absolute atomic E-state index is 0.226. The molecule has 0 unspecified atom stereocenters. The van der Waals surface area contributed by atoms with Gasteiger partial charge in [0.15, 0.2) is 11.5 Å².